The third-order valence-electron chi connectivity index (χ3n) is 7.15. The highest BCUT2D eigenvalue weighted by atomic mass is 16.7. The Morgan fingerprint density at radius 2 is 1.49 bits per heavy atom. The van der Waals surface area contributed by atoms with Crippen LogP contribution in [0.5, 0.6) is 23.0 Å². The molecule has 43 heavy (non-hydrogen) atoms. The molecular formula is C33H34N2O8. The molecule has 1 unspecified atom stereocenters. The monoisotopic (exact) mass is 586 g/mol. The van der Waals surface area contributed by atoms with Crippen LogP contribution >= 0.6 is 0 Å². The van der Waals surface area contributed by atoms with Crippen LogP contribution in [0.3, 0.4) is 0 Å². The third kappa shape index (κ3) is 6.36. The topological polar surface area (TPSA) is 97.3 Å². The zero-order chi connectivity index (χ0) is 29.6. The van der Waals surface area contributed by atoms with Gasteiger partial charge in [0.15, 0.2) is 11.5 Å². The lowest BCUT2D eigenvalue weighted by molar-refractivity contribution is -0.166. The highest BCUT2D eigenvalue weighted by Gasteiger charge is 2.47. The van der Waals surface area contributed by atoms with Crippen molar-refractivity contribution in [3.05, 3.63) is 82.9 Å². The molecule has 10 nitrogen and oxygen atoms in total. The normalized spacial score (nSPS) is 20.9. The van der Waals surface area contributed by atoms with E-state index in [0.717, 1.165) is 16.7 Å². The zero-order valence-electron chi connectivity index (χ0n) is 24.2. The summed E-state index contributed by atoms with van der Waals surface area (Å²) in [5.74, 6) is 0.570. The Labute approximate surface area is 250 Å². The van der Waals surface area contributed by atoms with Gasteiger partial charge in [0.05, 0.1) is 50.9 Å². The largest absolute Gasteiger partial charge is 0.487 e. The van der Waals surface area contributed by atoms with Crippen molar-refractivity contribution in [3.63, 3.8) is 0 Å². The van der Waals surface area contributed by atoms with E-state index in [9.17, 15) is 4.79 Å². The van der Waals surface area contributed by atoms with E-state index in [1.807, 2.05) is 55.5 Å². The van der Waals surface area contributed by atoms with Crippen LogP contribution in [-0.4, -0.2) is 82.8 Å². The molecule has 0 fully saturated rings. The molecule has 1 spiro atoms. The molecule has 3 heterocycles. The number of benzene rings is 3. The number of ether oxygens (including phenoxy) is 7. The second kappa shape index (κ2) is 12.9. The van der Waals surface area contributed by atoms with E-state index >= 15 is 0 Å². The molecule has 1 atom stereocenters. The number of fused-ring (bicyclic) bond motifs is 3. The minimum Gasteiger partial charge on any atom is -0.487 e. The van der Waals surface area contributed by atoms with E-state index in [4.69, 9.17) is 38.2 Å². The maximum Gasteiger partial charge on any atom is 0.362 e. The number of amides is 1. The summed E-state index contributed by atoms with van der Waals surface area (Å²) in [6.45, 7) is 5.58. The van der Waals surface area contributed by atoms with E-state index < -0.39 is 5.91 Å². The van der Waals surface area contributed by atoms with Crippen LogP contribution in [0.15, 0.2) is 65.7 Å². The molecule has 3 aliphatic rings. The number of carbonyl (C=O) groups excluding carboxylic acids is 1. The Bertz CT molecular complexity index is 1540. The van der Waals surface area contributed by atoms with Gasteiger partial charge in [-0.15, -0.1) is 0 Å². The molecule has 0 aliphatic carbocycles. The molecule has 3 aromatic carbocycles. The van der Waals surface area contributed by atoms with E-state index in [1.165, 1.54) is 4.90 Å². The van der Waals surface area contributed by atoms with Crippen molar-refractivity contribution in [2.45, 2.75) is 12.8 Å². The highest BCUT2D eigenvalue weighted by molar-refractivity contribution is 5.98. The van der Waals surface area contributed by atoms with Crippen molar-refractivity contribution >= 4 is 23.9 Å². The van der Waals surface area contributed by atoms with Crippen molar-refractivity contribution in [1.29, 1.82) is 0 Å². The predicted octanol–water partition coefficient (Wildman–Crippen LogP) is 4.79. The first-order valence-electron chi connectivity index (χ1n) is 14.3. The number of carbonyl (C=O) groups is 1. The maximum absolute atomic E-state index is 13.2. The summed E-state index contributed by atoms with van der Waals surface area (Å²) in [4.78, 5) is 19.4. The van der Waals surface area contributed by atoms with Gasteiger partial charge < -0.3 is 33.2 Å². The van der Waals surface area contributed by atoms with Crippen LogP contribution in [0, 0.1) is 6.92 Å². The average Bonchev–Trinajstić information content (AvgIpc) is 3.02. The standard InChI is InChI=1S/C33H34N2O8/c1-23-19-24-9-10-33(35(2)32(36)27-5-3-4-6-28(27)42-33)43-31(24)25(20-23)22-34-26-7-8-29-30(21-26)41-18-16-39-14-12-37-11-13-38-15-17-40-29/h3-10,19-22H,11-18H2,1-2H3. The number of hydrogen-bond acceptors (Lipinski definition) is 9. The summed E-state index contributed by atoms with van der Waals surface area (Å²) >= 11 is 0. The summed E-state index contributed by atoms with van der Waals surface area (Å²) in [5, 5.41) is 0. The number of rotatable bonds is 2. The van der Waals surface area contributed by atoms with E-state index in [2.05, 4.69) is 0 Å². The van der Waals surface area contributed by atoms with Crippen molar-refractivity contribution in [2.75, 3.05) is 59.9 Å². The summed E-state index contributed by atoms with van der Waals surface area (Å²) < 4.78 is 41.3. The van der Waals surface area contributed by atoms with Crippen molar-refractivity contribution in [2.24, 2.45) is 4.99 Å². The Hall–Kier alpha value is -4.38. The Kier molecular flexibility index (Phi) is 8.59. The SMILES string of the molecule is Cc1cc2c(c(C=Nc3ccc4c(c3)OCCOCCOCCOCCO4)c1)OC1(C=C2)Oc2ccccc2C(=O)N1C. The number of aryl methyl sites for hydroxylation is 1. The van der Waals surface area contributed by atoms with Crippen LogP contribution in [0.25, 0.3) is 6.08 Å². The molecule has 0 N–H and O–H groups in total. The summed E-state index contributed by atoms with van der Waals surface area (Å²) in [5.41, 5.74) is 3.79. The number of aliphatic imine (C=N–C) groups is 1. The van der Waals surface area contributed by atoms with Gasteiger partial charge in [0, 0.05) is 36.5 Å². The lowest BCUT2D eigenvalue weighted by Gasteiger charge is -2.44. The van der Waals surface area contributed by atoms with Gasteiger partial charge in [0.25, 0.3) is 5.91 Å². The second-order valence-corrected chi connectivity index (χ2v) is 10.2. The number of likely N-dealkylation sites (N-methyl/N-ethyl adjacent to an activating group) is 1. The lowest BCUT2D eigenvalue weighted by atomic mass is 10.0. The number of hydrogen-bond donors (Lipinski definition) is 0. The van der Waals surface area contributed by atoms with Crippen LogP contribution in [-0.2, 0) is 14.2 Å². The van der Waals surface area contributed by atoms with Crippen molar-refractivity contribution in [1.82, 2.24) is 4.90 Å². The molecule has 0 radical (unpaired) electrons. The van der Waals surface area contributed by atoms with Crippen LogP contribution in [0.1, 0.15) is 27.0 Å². The van der Waals surface area contributed by atoms with Gasteiger partial charge in [-0.1, -0.05) is 12.1 Å². The first-order chi connectivity index (χ1) is 21.0. The molecule has 3 aliphatic heterocycles. The number of para-hydroxylation sites is 1. The van der Waals surface area contributed by atoms with Crippen LogP contribution in [0.2, 0.25) is 0 Å². The quantitative estimate of drug-likeness (QED) is 0.396. The fourth-order valence-corrected chi connectivity index (χ4v) is 4.97. The first-order valence-corrected chi connectivity index (χ1v) is 14.3. The van der Waals surface area contributed by atoms with Crippen molar-refractivity contribution in [3.8, 4) is 23.0 Å². The Balaban J connectivity index is 1.25. The summed E-state index contributed by atoms with van der Waals surface area (Å²) in [7, 11) is 1.67. The predicted molar refractivity (Wildman–Crippen MR) is 160 cm³/mol. The summed E-state index contributed by atoms with van der Waals surface area (Å²) in [6.07, 6.45) is 5.42. The molecule has 0 saturated carbocycles. The second-order valence-electron chi connectivity index (χ2n) is 10.2. The summed E-state index contributed by atoms with van der Waals surface area (Å²) in [6, 6.07) is 16.7. The lowest BCUT2D eigenvalue weighted by Crippen LogP contribution is -2.60. The first kappa shape index (κ1) is 28.7. The molecule has 10 heteroatoms. The Morgan fingerprint density at radius 3 is 2.26 bits per heavy atom. The van der Waals surface area contributed by atoms with Gasteiger partial charge >= 0.3 is 5.91 Å². The van der Waals surface area contributed by atoms with Crippen molar-refractivity contribution < 1.29 is 38.0 Å². The van der Waals surface area contributed by atoms with Crippen LogP contribution < -0.4 is 18.9 Å². The smallest absolute Gasteiger partial charge is 0.362 e. The van der Waals surface area contributed by atoms with E-state index in [0.29, 0.717) is 87.1 Å². The fourth-order valence-electron chi connectivity index (χ4n) is 4.97. The van der Waals surface area contributed by atoms with Gasteiger partial charge in [-0.2, -0.15) is 0 Å². The highest BCUT2D eigenvalue weighted by Crippen LogP contribution is 2.41. The van der Waals surface area contributed by atoms with E-state index in [-0.39, 0.29) is 5.91 Å². The van der Waals surface area contributed by atoms with E-state index in [1.54, 1.807) is 31.5 Å². The molecule has 0 aromatic heterocycles. The minimum absolute atomic E-state index is 0.190. The third-order valence-corrected chi connectivity index (χ3v) is 7.15. The molecule has 0 saturated heterocycles. The molecule has 6 rings (SSSR count). The molecular weight excluding hydrogens is 552 g/mol. The molecule has 1 amide bonds. The number of nitrogens with zero attached hydrogens (tertiary/aromatic N) is 2. The maximum atomic E-state index is 13.2. The van der Waals surface area contributed by atoms with Gasteiger partial charge in [0.2, 0.25) is 0 Å². The Morgan fingerprint density at radius 1 is 0.791 bits per heavy atom. The average molecular weight is 587 g/mol. The van der Waals surface area contributed by atoms with Gasteiger partial charge in [-0.25, -0.2) is 0 Å². The molecule has 3 aromatic rings. The van der Waals surface area contributed by atoms with Gasteiger partial charge in [-0.05, 0) is 55.0 Å². The van der Waals surface area contributed by atoms with Gasteiger partial charge in [-0.3, -0.25) is 14.7 Å². The van der Waals surface area contributed by atoms with Crippen LogP contribution in [0.4, 0.5) is 5.69 Å². The molecule has 0 bridgehead atoms. The fraction of sp³-hybridized carbons (Fsp3) is 0.333. The minimum atomic E-state index is -1.42. The van der Waals surface area contributed by atoms with Gasteiger partial charge in [0.1, 0.15) is 24.7 Å². The molecule has 224 valence electrons. The zero-order valence-corrected chi connectivity index (χ0v) is 24.2.